The molecular weight excluding hydrogens is 484 g/mol. The molecule has 2 heterocycles. The Kier molecular flexibility index (Phi) is 8.39. The van der Waals surface area contributed by atoms with Crippen LogP contribution in [-0.2, 0) is 22.7 Å². The van der Waals surface area contributed by atoms with Crippen LogP contribution >= 0.6 is 34.7 Å². The molecule has 33 heavy (non-hydrogen) atoms. The standard InChI is InChI=1S/C22H25ClN4O4S2/c1-6-27-17(10-31-15-7-12(2)19(23)13(3)8-15)25-26-22(27)32-11-18(28)24-20-16(21(29)30-5)9-14(4)33-20/h7-9H,6,10-11H2,1-5H3,(H,24,28). The fraction of sp³-hybridized carbons (Fsp3) is 0.364. The minimum Gasteiger partial charge on any atom is -0.486 e. The highest BCUT2D eigenvalue weighted by atomic mass is 35.5. The Hall–Kier alpha value is -2.56. The molecule has 0 spiro atoms. The first-order valence-electron chi connectivity index (χ1n) is 10.2. The Bertz CT molecular complexity index is 1150. The van der Waals surface area contributed by atoms with Gasteiger partial charge >= 0.3 is 5.97 Å². The van der Waals surface area contributed by atoms with Crippen LogP contribution < -0.4 is 10.1 Å². The number of halogens is 1. The first-order chi connectivity index (χ1) is 15.7. The number of esters is 1. The minimum absolute atomic E-state index is 0.117. The van der Waals surface area contributed by atoms with Gasteiger partial charge in [-0.2, -0.15) is 0 Å². The van der Waals surface area contributed by atoms with E-state index in [1.165, 1.54) is 30.2 Å². The molecule has 0 aliphatic carbocycles. The van der Waals surface area contributed by atoms with Crippen molar-refractivity contribution in [3.05, 3.63) is 50.6 Å². The van der Waals surface area contributed by atoms with Gasteiger partial charge in [-0.1, -0.05) is 23.4 Å². The molecule has 0 atom stereocenters. The second-order valence-corrected chi connectivity index (χ2v) is 9.81. The lowest BCUT2D eigenvalue weighted by atomic mass is 10.1. The molecule has 0 unspecified atom stereocenters. The van der Waals surface area contributed by atoms with Crippen molar-refractivity contribution in [1.82, 2.24) is 14.8 Å². The van der Waals surface area contributed by atoms with Gasteiger partial charge in [0.2, 0.25) is 5.91 Å². The zero-order valence-electron chi connectivity index (χ0n) is 19.0. The average Bonchev–Trinajstić information content (AvgIpc) is 3.35. The van der Waals surface area contributed by atoms with E-state index in [9.17, 15) is 9.59 Å². The summed E-state index contributed by atoms with van der Waals surface area (Å²) in [6.07, 6.45) is 0. The molecule has 1 aromatic carbocycles. The number of carbonyl (C=O) groups is 2. The summed E-state index contributed by atoms with van der Waals surface area (Å²) in [5.74, 6) is 0.756. The van der Waals surface area contributed by atoms with Gasteiger partial charge in [0.05, 0.1) is 18.4 Å². The number of thioether (sulfide) groups is 1. The Balaban J connectivity index is 1.62. The van der Waals surface area contributed by atoms with Crippen molar-refractivity contribution < 1.29 is 19.1 Å². The van der Waals surface area contributed by atoms with E-state index in [1.807, 2.05) is 44.4 Å². The quantitative estimate of drug-likeness (QED) is 0.319. The molecule has 3 rings (SSSR count). The molecule has 0 fully saturated rings. The number of benzene rings is 1. The average molecular weight is 509 g/mol. The molecule has 0 saturated heterocycles. The summed E-state index contributed by atoms with van der Waals surface area (Å²) in [5.41, 5.74) is 2.24. The number of nitrogens with one attached hydrogen (secondary N) is 1. The number of nitrogens with zero attached hydrogens (tertiary/aromatic N) is 3. The maximum absolute atomic E-state index is 12.5. The van der Waals surface area contributed by atoms with E-state index >= 15 is 0 Å². The second kappa shape index (κ2) is 11.0. The molecule has 0 aliphatic heterocycles. The third-order valence-electron chi connectivity index (χ3n) is 4.73. The Morgan fingerprint density at radius 1 is 1.18 bits per heavy atom. The zero-order valence-corrected chi connectivity index (χ0v) is 21.4. The van der Waals surface area contributed by atoms with Gasteiger partial charge in [0.15, 0.2) is 11.0 Å². The number of carbonyl (C=O) groups excluding carboxylic acids is 2. The van der Waals surface area contributed by atoms with Crippen LogP contribution in [0.3, 0.4) is 0 Å². The SMILES string of the molecule is CCn1c(COc2cc(C)c(Cl)c(C)c2)nnc1SCC(=O)Nc1sc(C)cc1C(=O)OC. The highest BCUT2D eigenvalue weighted by Crippen LogP contribution is 2.29. The highest BCUT2D eigenvalue weighted by molar-refractivity contribution is 7.99. The van der Waals surface area contributed by atoms with Crippen LogP contribution in [0.15, 0.2) is 23.4 Å². The van der Waals surface area contributed by atoms with Gasteiger partial charge in [0, 0.05) is 16.4 Å². The van der Waals surface area contributed by atoms with E-state index in [4.69, 9.17) is 21.1 Å². The number of methoxy groups -OCH3 is 1. The number of aryl methyl sites for hydroxylation is 3. The van der Waals surface area contributed by atoms with Crippen LogP contribution in [0.1, 0.15) is 39.1 Å². The van der Waals surface area contributed by atoms with Gasteiger partial charge in [-0.25, -0.2) is 4.79 Å². The van der Waals surface area contributed by atoms with Crippen molar-refractivity contribution in [3.63, 3.8) is 0 Å². The number of hydrogen-bond donors (Lipinski definition) is 1. The molecule has 0 aliphatic rings. The summed E-state index contributed by atoms with van der Waals surface area (Å²) in [5, 5.41) is 13.1. The highest BCUT2D eigenvalue weighted by Gasteiger charge is 2.19. The van der Waals surface area contributed by atoms with E-state index in [2.05, 4.69) is 15.5 Å². The van der Waals surface area contributed by atoms with E-state index in [0.717, 1.165) is 21.0 Å². The first kappa shape index (κ1) is 25.1. The van der Waals surface area contributed by atoms with Crippen LogP contribution in [-0.4, -0.2) is 39.5 Å². The van der Waals surface area contributed by atoms with Gasteiger partial charge in [-0.15, -0.1) is 21.5 Å². The zero-order chi connectivity index (χ0) is 24.1. The fourth-order valence-electron chi connectivity index (χ4n) is 3.15. The summed E-state index contributed by atoms with van der Waals surface area (Å²) in [4.78, 5) is 25.3. The smallest absolute Gasteiger partial charge is 0.340 e. The lowest BCUT2D eigenvalue weighted by molar-refractivity contribution is -0.113. The number of amides is 1. The molecule has 11 heteroatoms. The van der Waals surface area contributed by atoms with E-state index in [-0.39, 0.29) is 18.3 Å². The third kappa shape index (κ3) is 6.07. The number of anilines is 1. The van der Waals surface area contributed by atoms with Crippen LogP contribution in [0.2, 0.25) is 5.02 Å². The monoisotopic (exact) mass is 508 g/mol. The molecular formula is C22H25ClN4O4S2. The molecule has 0 saturated carbocycles. The molecule has 2 aromatic heterocycles. The number of ether oxygens (including phenoxy) is 2. The predicted octanol–water partition coefficient (Wildman–Crippen LogP) is 5.03. The van der Waals surface area contributed by atoms with Crippen molar-refractivity contribution >= 4 is 51.6 Å². The van der Waals surface area contributed by atoms with Crippen LogP contribution in [0.4, 0.5) is 5.00 Å². The number of thiophene rings is 1. The molecule has 0 radical (unpaired) electrons. The predicted molar refractivity (Wildman–Crippen MR) is 131 cm³/mol. The molecule has 1 amide bonds. The molecule has 0 bridgehead atoms. The van der Waals surface area contributed by atoms with Gasteiger partial charge in [0.1, 0.15) is 17.4 Å². The van der Waals surface area contributed by atoms with Gasteiger partial charge in [-0.3, -0.25) is 4.79 Å². The first-order valence-corrected chi connectivity index (χ1v) is 12.3. The summed E-state index contributed by atoms with van der Waals surface area (Å²) >= 11 is 8.82. The Morgan fingerprint density at radius 3 is 2.52 bits per heavy atom. The largest absolute Gasteiger partial charge is 0.486 e. The van der Waals surface area contributed by atoms with Crippen molar-refractivity contribution in [1.29, 1.82) is 0 Å². The Labute approximate surface area is 205 Å². The normalized spacial score (nSPS) is 10.8. The van der Waals surface area contributed by atoms with Crippen molar-refractivity contribution in [2.45, 2.75) is 46.0 Å². The molecule has 1 N–H and O–H groups in total. The third-order valence-corrected chi connectivity index (χ3v) is 7.26. The van der Waals surface area contributed by atoms with Gasteiger partial charge in [-0.05, 0) is 57.0 Å². The molecule has 176 valence electrons. The number of hydrogen-bond acceptors (Lipinski definition) is 8. The van der Waals surface area contributed by atoms with Crippen molar-refractivity contribution in [2.24, 2.45) is 0 Å². The lowest BCUT2D eigenvalue weighted by Crippen LogP contribution is -2.16. The van der Waals surface area contributed by atoms with Crippen LogP contribution in [0, 0.1) is 20.8 Å². The van der Waals surface area contributed by atoms with Gasteiger partial charge in [0.25, 0.3) is 0 Å². The number of rotatable bonds is 9. The molecule has 8 nitrogen and oxygen atoms in total. The van der Waals surface area contributed by atoms with Crippen LogP contribution in [0.5, 0.6) is 5.75 Å². The van der Waals surface area contributed by atoms with Crippen LogP contribution in [0.25, 0.3) is 0 Å². The number of aromatic nitrogens is 3. The Morgan fingerprint density at radius 2 is 1.88 bits per heavy atom. The van der Waals surface area contributed by atoms with E-state index < -0.39 is 5.97 Å². The lowest BCUT2D eigenvalue weighted by Gasteiger charge is -2.11. The van der Waals surface area contributed by atoms with Crippen molar-refractivity contribution in [3.8, 4) is 5.75 Å². The molecule has 3 aromatic rings. The van der Waals surface area contributed by atoms with Crippen molar-refractivity contribution in [2.75, 3.05) is 18.2 Å². The summed E-state index contributed by atoms with van der Waals surface area (Å²) in [6, 6.07) is 5.47. The maximum atomic E-state index is 12.5. The summed E-state index contributed by atoms with van der Waals surface area (Å²) in [7, 11) is 1.31. The van der Waals surface area contributed by atoms with Gasteiger partial charge < -0.3 is 19.4 Å². The topological polar surface area (TPSA) is 95.3 Å². The fourth-order valence-corrected chi connectivity index (χ4v) is 5.00. The maximum Gasteiger partial charge on any atom is 0.340 e. The second-order valence-electron chi connectivity index (χ2n) is 7.23. The summed E-state index contributed by atoms with van der Waals surface area (Å²) < 4.78 is 12.6. The summed E-state index contributed by atoms with van der Waals surface area (Å²) in [6.45, 7) is 8.58. The minimum atomic E-state index is -0.483. The van der Waals surface area contributed by atoms with E-state index in [1.54, 1.807) is 6.07 Å². The van der Waals surface area contributed by atoms with E-state index in [0.29, 0.717) is 33.8 Å².